The van der Waals surface area contributed by atoms with Gasteiger partial charge in [-0.15, -0.1) is 0 Å². The maximum absolute atomic E-state index is 12.9. The quantitative estimate of drug-likeness (QED) is 0.695. The summed E-state index contributed by atoms with van der Waals surface area (Å²) in [5.74, 6) is 0.604. The molecule has 0 aliphatic carbocycles. The van der Waals surface area contributed by atoms with E-state index in [9.17, 15) is 4.39 Å². The first-order valence-electron chi connectivity index (χ1n) is 8.84. The van der Waals surface area contributed by atoms with Gasteiger partial charge >= 0.3 is 0 Å². The summed E-state index contributed by atoms with van der Waals surface area (Å²) in [5, 5.41) is 3.64. The number of nitrogens with one attached hydrogen (secondary N) is 1. The van der Waals surface area contributed by atoms with E-state index in [1.807, 2.05) is 12.1 Å². The summed E-state index contributed by atoms with van der Waals surface area (Å²) in [6.45, 7) is 12.5. The Bertz CT molecular complexity index is 671. The van der Waals surface area contributed by atoms with Gasteiger partial charge in [-0.05, 0) is 61.1 Å². The fraction of sp³-hybridized carbons (Fsp3) is 0.455. The van der Waals surface area contributed by atoms with E-state index in [0.29, 0.717) is 6.61 Å². The third-order valence-corrected chi connectivity index (χ3v) is 3.96. The monoisotopic (exact) mass is 343 g/mol. The Morgan fingerprint density at radius 1 is 0.920 bits per heavy atom. The van der Waals surface area contributed by atoms with Crippen LogP contribution >= 0.6 is 0 Å². The second-order valence-corrected chi connectivity index (χ2v) is 8.54. The summed E-state index contributed by atoms with van der Waals surface area (Å²) in [5.41, 5.74) is 2.51. The van der Waals surface area contributed by atoms with Crippen LogP contribution in [0.4, 0.5) is 4.39 Å². The average molecular weight is 343 g/mol. The molecule has 0 fully saturated rings. The summed E-state index contributed by atoms with van der Waals surface area (Å²) in [7, 11) is 0. The van der Waals surface area contributed by atoms with Gasteiger partial charge in [0.1, 0.15) is 18.2 Å². The number of hydrogen-bond acceptors (Lipinski definition) is 2. The highest BCUT2D eigenvalue weighted by molar-refractivity contribution is 5.29. The smallest absolute Gasteiger partial charge is 0.123 e. The molecule has 0 amide bonds. The molecule has 0 bridgehead atoms. The maximum atomic E-state index is 12.9. The van der Waals surface area contributed by atoms with Gasteiger partial charge < -0.3 is 10.1 Å². The van der Waals surface area contributed by atoms with Gasteiger partial charge in [0.05, 0.1) is 0 Å². The molecule has 0 heterocycles. The molecule has 2 nitrogen and oxygen atoms in total. The molecule has 0 unspecified atom stereocenters. The van der Waals surface area contributed by atoms with E-state index in [2.05, 4.69) is 52.1 Å². The first-order valence-corrected chi connectivity index (χ1v) is 8.84. The summed E-state index contributed by atoms with van der Waals surface area (Å²) in [6, 6.07) is 14.5. The number of benzene rings is 2. The van der Waals surface area contributed by atoms with Crippen LogP contribution in [-0.4, -0.2) is 5.54 Å². The zero-order valence-corrected chi connectivity index (χ0v) is 16.0. The second kappa shape index (κ2) is 8.01. The highest BCUT2D eigenvalue weighted by atomic mass is 19.1. The number of rotatable bonds is 7. The first-order chi connectivity index (χ1) is 11.6. The van der Waals surface area contributed by atoms with Crippen molar-refractivity contribution >= 4 is 0 Å². The molecule has 25 heavy (non-hydrogen) atoms. The highest BCUT2D eigenvalue weighted by Gasteiger charge is 2.24. The number of halogens is 1. The van der Waals surface area contributed by atoms with Gasteiger partial charge in [-0.3, -0.25) is 0 Å². The lowest BCUT2D eigenvalue weighted by molar-refractivity contribution is 0.240. The van der Waals surface area contributed by atoms with E-state index in [1.54, 1.807) is 12.1 Å². The van der Waals surface area contributed by atoms with Gasteiger partial charge in [0.25, 0.3) is 0 Å². The van der Waals surface area contributed by atoms with Crippen molar-refractivity contribution in [2.24, 2.45) is 5.41 Å². The second-order valence-electron chi connectivity index (χ2n) is 8.54. The predicted molar refractivity (Wildman–Crippen MR) is 102 cm³/mol. The van der Waals surface area contributed by atoms with Gasteiger partial charge in [-0.1, -0.05) is 45.0 Å². The highest BCUT2D eigenvalue weighted by Crippen LogP contribution is 2.27. The Kier molecular flexibility index (Phi) is 6.23. The van der Waals surface area contributed by atoms with Gasteiger partial charge in [-0.2, -0.15) is 0 Å². The number of hydrogen-bond donors (Lipinski definition) is 1. The van der Waals surface area contributed by atoms with Crippen LogP contribution in [0.15, 0.2) is 48.5 Å². The predicted octanol–water partition coefficient (Wildman–Crippen LogP) is 5.71. The normalized spacial score (nSPS) is 12.2. The first kappa shape index (κ1) is 19.5. The molecule has 0 spiro atoms. The fourth-order valence-electron chi connectivity index (χ4n) is 3.22. The minimum absolute atomic E-state index is 0.0726. The van der Waals surface area contributed by atoms with E-state index in [0.717, 1.165) is 24.3 Å². The Morgan fingerprint density at radius 3 is 2.24 bits per heavy atom. The van der Waals surface area contributed by atoms with E-state index in [-0.39, 0.29) is 16.8 Å². The molecule has 0 saturated carbocycles. The van der Waals surface area contributed by atoms with Crippen LogP contribution in [-0.2, 0) is 13.2 Å². The fourth-order valence-corrected chi connectivity index (χ4v) is 3.22. The molecule has 0 aliphatic rings. The molecule has 1 N–H and O–H groups in total. The van der Waals surface area contributed by atoms with Gasteiger partial charge in [0.15, 0.2) is 0 Å². The zero-order chi connectivity index (χ0) is 18.5. The molecule has 3 heteroatoms. The molecule has 136 valence electrons. The topological polar surface area (TPSA) is 21.3 Å². The van der Waals surface area contributed by atoms with Crippen LogP contribution in [0.3, 0.4) is 0 Å². The molecule has 2 aromatic carbocycles. The lowest BCUT2D eigenvalue weighted by Crippen LogP contribution is -2.41. The zero-order valence-electron chi connectivity index (χ0n) is 16.0. The van der Waals surface area contributed by atoms with Crippen molar-refractivity contribution in [1.82, 2.24) is 5.32 Å². The lowest BCUT2D eigenvalue weighted by atomic mass is 9.82. The Hall–Kier alpha value is -1.87. The lowest BCUT2D eigenvalue weighted by Gasteiger charge is -2.33. The minimum Gasteiger partial charge on any atom is -0.489 e. The van der Waals surface area contributed by atoms with Crippen molar-refractivity contribution in [1.29, 1.82) is 0 Å². The Morgan fingerprint density at radius 2 is 1.60 bits per heavy atom. The van der Waals surface area contributed by atoms with Crippen LogP contribution in [0.25, 0.3) is 0 Å². The minimum atomic E-state index is -0.227. The third-order valence-electron chi connectivity index (χ3n) is 3.96. The largest absolute Gasteiger partial charge is 0.489 e. The van der Waals surface area contributed by atoms with Crippen LogP contribution in [0.2, 0.25) is 0 Å². The standard InChI is InChI=1S/C22H30FNO/c1-21(2,3)16-22(4,5)24-14-18-7-6-8-20(13-18)25-15-17-9-11-19(23)12-10-17/h6-13,24H,14-16H2,1-5H3. The molecule has 2 aromatic rings. The molecule has 2 rings (SSSR count). The third kappa shape index (κ3) is 7.27. The van der Waals surface area contributed by atoms with Crippen LogP contribution in [0, 0.1) is 11.2 Å². The Labute approximate surface area is 151 Å². The van der Waals surface area contributed by atoms with Gasteiger partial charge in [0, 0.05) is 12.1 Å². The van der Waals surface area contributed by atoms with Crippen molar-refractivity contribution in [2.75, 3.05) is 0 Å². The van der Waals surface area contributed by atoms with Crippen LogP contribution in [0.1, 0.15) is 52.2 Å². The van der Waals surface area contributed by atoms with Gasteiger partial charge in [0.2, 0.25) is 0 Å². The van der Waals surface area contributed by atoms with E-state index in [4.69, 9.17) is 4.74 Å². The van der Waals surface area contributed by atoms with Gasteiger partial charge in [-0.25, -0.2) is 4.39 Å². The SMILES string of the molecule is CC(C)(C)CC(C)(C)NCc1cccc(OCc2ccc(F)cc2)c1. The summed E-state index contributed by atoms with van der Waals surface area (Å²) >= 11 is 0. The molecule has 0 radical (unpaired) electrons. The maximum Gasteiger partial charge on any atom is 0.123 e. The summed E-state index contributed by atoms with van der Waals surface area (Å²) in [6.07, 6.45) is 1.10. The molecule has 0 aliphatic heterocycles. The van der Waals surface area contributed by atoms with Crippen LogP contribution < -0.4 is 10.1 Å². The summed E-state index contributed by atoms with van der Waals surface area (Å²) in [4.78, 5) is 0. The molecular formula is C22H30FNO. The van der Waals surface area contributed by atoms with E-state index in [1.165, 1.54) is 17.7 Å². The van der Waals surface area contributed by atoms with Crippen molar-refractivity contribution < 1.29 is 9.13 Å². The Balaban J connectivity index is 1.91. The molecule has 0 saturated heterocycles. The van der Waals surface area contributed by atoms with Crippen molar-refractivity contribution in [2.45, 2.75) is 59.7 Å². The average Bonchev–Trinajstić information content (AvgIpc) is 2.51. The van der Waals surface area contributed by atoms with E-state index >= 15 is 0 Å². The van der Waals surface area contributed by atoms with E-state index < -0.39 is 0 Å². The summed E-state index contributed by atoms with van der Waals surface area (Å²) < 4.78 is 18.8. The molecule has 0 aromatic heterocycles. The van der Waals surface area contributed by atoms with Crippen molar-refractivity contribution in [3.05, 3.63) is 65.5 Å². The molecule has 0 atom stereocenters. The van der Waals surface area contributed by atoms with Crippen LogP contribution in [0.5, 0.6) is 5.75 Å². The molecular weight excluding hydrogens is 313 g/mol. The van der Waals surface area contributed by atoms with Crippen molar-refractivity contribution in [3.8, 4) is 5.75 Å². The van der Waals surface area contributed by atoms with Crippen molar-refractivity contribution in [3.63, 3.8) is 0 Å². The number of ether oxygens (including phenoxy) is 1.